The molecule has 0 aliphatic rings. The molecule has 1 heterocycles. The second kappa shape index (κ2) is 5.25. The molecule has 4 heteroatoms. The third-order valence-electron chi connectivity index (χ3n) is 3.35. The van der Waals surface area contributed by atoms with Gasteiger partial charge in [0, 0.05) is 0 Å². The molecule has 3 rings (SSSR count). The summed E-state index contributed by atoms with van der Waals surface area (Å²) in [6, 6.07) is 19.0. The minimum atomic E-state index is -0.133. The molecule has 0 saturated heterocycles. The third kappa shape index (κ3) is 2.31. The van der Waals surface area contributed by atoms with Crippen LogP contribution in [0.2, 0.25) is 0 Å². The van der Waals surface area contributed by atoms with E-state index in [-0.39, 0.29) is 5.43 Å². The number of aromatic nitrogens is 2. The van der Waals surface area contributed by atoms with Gasteiger partial charge in [-0.15, -0.1) is 0 Å². The fraction of sp³-hybridized carbons (Fsp3) is 0.0588. The smallest absolute Gasteiger partial charge is 0.213 e. The van der Waals surface area contributed by atoms with Crippen molar-refractivity contribution < 1.29 is 0 Å². The largest absolute Gasteiger partial charge is 0.383 e. The van der Waals surface area contributed by atoms with Crippen LogP contribution < -0.4 is 11.2 Å². The van der Waals surface area contributed by atoms with E-state index in [9.17, 15) is 4.79 Å². The van der Waals surface area contributed by atoms with E-state index in [0.717, 1.165) is 11.3 Å². The summed E-state index contributed by atoms with van der Waals surface area (Å²) in [5.41, 5.74) is 8.63. The monoisotopic (exact) mass is 277 g/mol. The van der Waals surface area contributed by atoms with E-state index < -0.39 is 0 Å². The summed E-state index contributed by atoms with van der Waals surface area (Å²) in [6.45, 7) is 1.70. The van der Waals surface area contributed by atoms with Gasteiger partial charge >= 0.3 is 0 Å². The maximum Gasteiger partial charge on any atom is 0.213 e. The fourth-order valence-corrected chi connectivity index (χ4v) is 2.30. The number of rotatable bonds is 2. The molecule has 0 bridgehead atoms. The molecule has 0 spiro atoms. The molecule has 0 saturated carbocycles. The maximum atomic E-state index is 12.4. The molecule has 0 amide bonds. The van der Waals surface area contributed by atoms with Crippen LogP contribution in [0.25, 0.3) is 16.8 Å². The molecule has 2 N–H and O–H groups in total. The molecule has 104 valence electrons. The van der Waals surface area contributed by atoms with E-state index in [2.05, 4.69) is 5.10 Å². The van der Waals surface area contributed by atoms with E-state index in [4.69, 9.17) is 5.73 Å². The van der Waals surface area contributed by atoms with Crippen molar-refractivity contribution in [3.8, 4) is 16.8 Å². The topological polar surface area (TPSA) is 60.9 Å². The average Bonchev–Trinajstić information content (AvgIpc) is 2.53. The van der Waals surface area contributed by atoms with Crippen LogP contribution in [0, 0.1) is 6.92 Å². The molecule has 1 aromatic heterocycles. The van der Waals surface area contributed by atoms with Crippen LogP contribution in [-0.2, 0) is 0 Å². The molecule has 0 aliphatic heterocycles. The molecule has 21 heavy (non-hydrogen) atoms. The van der Waals surface area contributed by atoms with E-state index in [1.807, 2.05) is 60.7 Å². The van der Waals surface area contributed by atoms with Gasteiger partial charge in [-0.25, -0.2) is 4.68 Å². The predicted molar refractivity (Wildman–Crippen MR) is 84.4 cm³/mol. The third-order valence-corrected chi connectivity index (χ3v) is 3.35. The second-order valence-corrected chi connectivity index (χ2v) is 4.79. The Balaban J connectivity index is 2.31. The van der Waals surface area contributed by atoms with Gasteiger partial charge in [-0.2, -0.15) is 5.10 Å². The first kappa shape index (κ1) is 13.1. The molecule has 0 fully saturated rings. The van der Waals surface area contributed by atoms with Gasteiger partial charge in [0.1, 0.15) is 11.5 Å². The first-order valence-electron chi connectivity index (χ1n) is 6.68. The molecule has 4 nitrogen and oxygen atoms in total. The number of nitrogens with two attached hydrogens (primary N) is 1. The number of hydrogen-bond donors (Lipinski definition) is 1. The highest BCUT2D eigenvalue weighted by Gasteiger charge is 2.15. The van der Waals surface area contributed by atoms with Crippen LogP contribution >= 0.6 is 0 Å². The van der Waals surface area contributed by atoms with Crippen molar-refractivity contribution in [2.75, 3.05) is 5.73 Å². The van der Waals surface area contributed by atoms with Gasteiger partial charge in [0.15, 0.2) is 0 Å². The minimum absolute atomic E-state index is 0.133. The zero-order valence-corrected chi connectivity index (χ0v) is 11.7. The zero-order chi connectivity index (χ0) is 14.8. The standard InChI is InChI=1S/C17H15N3O/c1-12-16(21)15(13-8-4-2-5-9-13)17(18)20(19-12)14-10-6-3-7-11-14/h2-11H,18H2,1H3. The molecule has 3 aromatic rings. The molecular weight excluding hydrogens is 262 g/mol. The number of para-hydroxylation sites is 1. The summed E-state index contributed by atoms with van der Waals surface area (Å²) < 4.78 is 1.61. The van der Waals surface area contributed by atoms with Gasteiger partial charge in [-0.1, -0.05) is 48.5 Å². The Morgan fingerprint density at radius 3 is 2.14 bits per heavy atom. The van der Waals surface area contributed by atoms with E-state index >= 15 is 0 Å². The van der Waals surface area contributed by atoms with E-state index in [1.54, 1.807) is 11.6 Å². The van der Waals surface area contributed by atoms with Gasteiger partial charge in [-0.3, -0.25) is 4.79 Å². The highest BCUT2D eigenvalue weighted by atomic mass is 16.1. The predicted octanol–water partition coefficient (Wildman–Crippen LogP) is 2.79. The normalized spacial score (nSPS) is 10.5. The van der Waals surface area contributed by atoms with Gasteiger partial charge in [0.05, 0.1) is 11.3 Å². The highest BCUT2D eigenvalue weighted by Crippen LogP contribution is 2.23. The molecule has 0 unspecified atom stereocenters. The number of hydrogen-bond acceptors (Lipinski definition) is 3. The first-order chi connectivity index (χ1) is 10.2. The van der Waals surface area contributed by atoms with Crippen molar-refractivity contribution in [3.05, 3.63) is 76.6 Å². The van der Waals surface area contributed by atoms with Gasteiger partial charge in [0.2, 0.25) is 5.43 Å². The summed E-state index contributed by atoms with van der Waals surface area (Å²) >= 11 is 0. The molecule has 0 radical (unpaired) electrons. The lowest BCUT2D eigenvalue weighted by molar-refractivity contribution is 0.824. The number of benzene rings is 2. The Hall–Kier alpha value is -2.88. The summed E-state index contributed by atoms with van der Waals surface area (Å²) in [4.78, 5) is 12.4. The van der Waals surface area contributed by atoms with Crippen molar-refractivity contribution in [2.24, 2.45) is 0 Å². The van der Waals surface area contributed by atoms with Crippen LogP contribution in [0.1, 0.15) is 5.69 Å². The zero-order valence-electron chi connectivity index (χ0n) is 11.7. The lowest BCUT2D eigenvalue weighted by atomic mass is 10.1. The fourth-order valence-electron chi connectivity index (χ4n) is 2.30. The minimum Gasteiger partial charge on any atom is -0.383 e. The lowest BCUT2D eigenvalue weighted by Crippen LogP contribution is -2.21. The SMILES string of the molecule is Cc1nn(-c2ccccc2)c(N)c(-c2ccccc2)c1=O. The van der Waals surface area contributed by atoms with Crippen LogP contribution in [0.4, 0.5) is 5.82 Å². The first-order valence-corrected chi connectivity index (χ1v) is 6.68. The number of anilines is 1. The summed E-state index contributed by atoms with van der Waals surface area (Å²) in [5, 5.41) is 4.31. The Bertz CT molecular complexity index is 824. The van der Waals surface area contributed by atoms with Crippen molar-refractivity contribution in [1.82, 2.24) is 9.78 Å². The molecule has 0 atom stereocenters. The van der Waals surface area contributed by atoms with E-state index in [0.29, 0.717) is 17.1 Å². The summed E-state index contributed by atoms with van der Waals surface area (Å²) in [5.74, 6) is 0.350. The van der Waals surface area contributed by atoms with Gasteiger partial charge in [-0.05, 0) is 24.6 Å². The van der Waals surface area contributed by atoms with Crippen molar-refractivity contribution in [2.45, 2.75) is 6.92 Å². The van der Waals surface area contributed by atoms with Crippen LogP contribution in [-0.4, -0.2) is 9.78 Å². The Morgan fingerprint density at radius 2 is 1.52 bits per heavy atom. The van der Waals surface area contributed by atoms with Crippen molar-refractivity contribution in [3.63, 3.8) is 0 Å². The average molecular weight is 277 g/mol. The van der Waals surface area contributed by atoms with Crippen LogP contribution in [0.15, 0.2) is 65.5 Å². The van der Waals surface area contributed by atoms with Crippen molar-refractivity contribution >= 4 is 5.82 Å². The Morgan fingerprint density at radius 1 is 0.952 bits per heavy atom. The molecule has 2 aromatic carbocycles. The number of nitrogens with zero attached hydrogens (tertiary/aromatic N) is 2. The second-order valence-electron chi connectivity index (χ2n) is 4.79. The lowest BCUT2D eigenvalue weighted by Gasteiger charge is -2.14. The summed E-state index contributed by atoms with van der Waals surface area (Å²) in [6.07, 6.45) is 0. The van der Waals surface area contributed by atoms with Crippen molar-refractivity contribution in [1.29, 1.82) is 0 Å². The number of nitrogen functional groups attached to an aromatic ring is 1. The summed E-state index contributed by atoms with van der Waals surface area (Å²) in [7, 11) is 0. The molecule has 0 aliphatic carbocycles. The quantitative estimate of drug-likeness (QED) is 0.783. The highest BCUT2D eigenvalue weighted by molar-refractivity contribution is 5.74. The van der Waals surface area contributed by atoms with Crippen LogP contribution in [0.3, 0.4) is 0 Å². The van der Waals surface area contributed by atoms with Crippen LogP contribution in [0.5, 0.6) is 0 Å². The van der Waals surface area contributed by atoms with E-state index in [1.165, 1.54) is 0 Å². The van der Waals surface area contributed by atoms with Gasteiger partial charge in [0.25, 0.3) is 0 Å². The Labute approximate surface area is 122 Å². The molecular formula is C17H15N3O. The van der Waals surface area contributed by atoms with Gasteiger partial charge < -0.3 is 5.73 Å². The number of aryl methyl sites for hydroxylation is 1. The maximum absolute atomic E-state index is 12.4. The Kier molecular flexibility index (Phi) is 3.28.